The van der Waals surface area contributed by atoms with Gasteiger partial charge < -0.3 is 11.1 Å². The summed E-state index contributed by atoms with van der Waals surface area (Å²) in [6.07, 6.45) is -0.420. The smallest absolute Gasteiger partial charge is 0.247 e. The lowest BCUT2D eigenvalue weighted by Crippen LogP contribution is -2.44. The molecule has 2 aromatic carbocycles. The fourth-order valence-electron chi connectivity index (χ4n) is 2.08. The van der Waals surface area contributed by atoms with Crippen molar-refractivity contribution in [3.8, 4) is 0 Å². The average Bonchev–Trinajstić information content (AvgIpc) is 2.70. The predicted octanol–water partition coefficient (Wildman–Crippen LogP) is 4.40. The highest BCUT2D eigenvalue weighted by Crippen LogP contribution is 2.22. The number of hydrogen-bond donors (Lipinski definition) is 3. The highest BCUT2D eigenvalue weighted by molar-refractivity contribution is 7.81. The molecule has 0 saturated carbocycles. The summed E-state index contributed by atoms with van der Waals surface area (Å²) in [5.74, 6) is -1.28. The molecule has 0 bridgehead atoms. The van der Waals surface area contributed by atoms with Gasteiger partial charge in [-0.05, 0) is 36.4 Å². The minimum atomic E-state index is -0.724. The molecule has 2 aromatic rings. The molecule has 12 heteroatoms. The Balaban J connectivity index is 0.000000343. The van der Waals surface area contributed by atoms with Crippen molar-refractivity contribution in [1.82, 2.24) is 15.8 Å². The quantitative estimate of drug-likeness (QED) is 0.303. The van der Waals surface area contributed by atoms with Crippen LogP contribution in [0.25, 0.3) is 0 Å². The first kappa shape index (κ1) is 27.4. The Morgan fingerprint density at radius 3 is 1.94 bits per heavy atom. The lowest BCUT2D eigenvalue weighted by molar-refractivity contribution is -0.129. The molecule has 4 N–H and O–H groups in total. The normalized spacial score (nSPS) is 9.74. The Kier molecular flexibility index (Phi) is 11.5. The zero-order chi connectivity index (χ0) is 23.7. The van der Waals surface area contributed by atoms with Crippen molar-refractivity contribution in [1.29, 1.82) is 0 Å². The Morgan fingerprint density at radius 2 is 1.45 bits per heavy atom. The third-order valence-corrected chi connectivity index (χ3v) is 5.54. The summed E-state index contributed by atoms with van der Waals surface area (Å²) < 4.78 is 0. The molecule has 6 nitrogen and oxygen atoms in total. The fraction of sp³-hybridized carbons (Fsp3) is 0.158. The molecule has 0 fully saturated rings. The van der Waals surface area contributed by atoms with Gasteiger partial charge in [-0.3, -0.25) is 20.0 Å². The maximum absolute atomic E-state index is 11.4. The molecule has 0 aliphatic rings. The highest BCUT2D eigenvalue weighted by atomic mass is 35.5. The van der Waals surface area contributed by atoms with Crippen LogP contribution >= 0.6 is 70.8 Å². The van der Waals surface area contributed by atoms with Gasteiger partial charge in [0.2, 0.25) is 11.8 Å². The van der Waals surface area contributed by atoms with E-state index in [-0.39, 0.29) is 4.99 Å². The van der Waals surface area contributed by atoms with E-state index in [4.69, 9.17) is 76.6 Å². The molecule has 0 aliphatic carbocycles. The van der Waals surface area contributed by atoms with E-state index >= 15 is 0 Å². The number of halogens is 4. The number of carbonyl (C=O) groups is 2. The van der Waals surface area contributed by atoms with Crippen LogP contribution in [0.5, 0.6) is 0 Å². The molecule has 0 spiro atoms. The van der Waals surface area contributed by atoms with Crippen molar-refractivity contribution < 1.29 is 9.59 Å². The van der Waals surface area contributed by atoms with Crippen LogP contribution in [0.4, 0.5) is 0 Å². The van der Waals surface area contributed by atoms with Crippen LogP contribution in [0.15, 0.2) is 36.4 Å². The summed E-state index contributed by atoms with van der Waals surface area (Å²) in [5.41, 5.74) is 8.59. The molecule has 0 atom stereocenters. The monoisotopic (exact) mass is 538 g/mol. The molecular formula is C19H18Cl4N4O2S2. The average molecular weight is 540 g/mol. The molecule has 0 aliphatic heterocycles. The number of hydrogen-bond acceptors (Lipinski definition) is 4. The number of nitrogens with two attached hydrogens (primary N) is 1. The minimum absolute atomic E-state index is 0.269. The number of benzene rings is 2. The third-order valence-electron chi connectivity index (χ3n) is 3.49. The van der Waals surface area contributed by atoms with E-state index in [9.17, 15) is 9.59 Å². The molecule has 31 heavy (non-hydrogen) atoms. The lowest BCUT2D eigenvalue weighted by Gasteiger charge is -2.21. The van der Waals surface area contributed by atoms with Crippen LogP contribution in [0.3, 0.4) is 0 Å². The lowest BCUT2D eigenvalue weighted by atomic mass is 10.2. The second kappa shape index (κ2) is 13.0. The molecule has 0 radical (unpaired) electrons. The van der Waals surface area contributed by atoms with E-state index in [0.29, 0.717) is 30.6 Å². The number of hydrazine groups is 1. The topological polar surface area (TPSA) is 87.5 Å². The van der Waals surface area contributed by atoms with Gasteiger partial charge in [-0.1, -0.05) is 70.8 Å². The highest BCUT2D eigenvalue weighted by Gasteiger charge is 2.15. The number of thiocarbonyl (C=S) groups is 2. The van der Waals surface area contributed by atoms with Gasteiger partial charge in [0.15, 0.2) is 0 Å². The van der Waals surface area contributed by atoms with Crippen molar-refractivity contribution in [3.05, 3.63) is 67.6 Å². The summed E-state index contributed by atoms with van der Waals surface area (Å²) in [7, 11) is 3.28. The van der Waals surface area contributed by atoms with E-state index in [0.717, 1.165) is 5.56 Å². The summed E-state index contributed by atoms with van der Waals surface area (Å²) in [6, 6.07) is 10.0. The molecule has 0 aromatic heterocycles. The molecule has 2 amide bonds. The summed E-state index contributed by atoms with van der Waals surface area (Å²) in [5, 5.41) is 6.23. The first-order valence-electron chi connectivity index (χ1n) is 8.44. The van der Waals surface area contributed by atoms with Crippen LogP contribution in [-0.2, 0) is 9.59 Å². The summed E-state index contributed by atoms with van der Waals surface area (Å²) >= 11 is 33.7. The Labute approximate surface area is 210 Å². The summed E-state index contributed by atoms with van der Waals surface area (Å²) in [6.45, 7) is 0. The van der Waals surface area contributed by atoms with Gasteiger partial charge in [-0.25, -0.2) is 0 Å². The maximum Gasteiger partial charge on any atom is 0.247 e. The van der Waals surface area contributed by atoms with Gasteiger partial charge in [-0.2, -0.15) is 0 Å². The second-order valence-corrected chi connectivity index (χ2v) is 8.35. The van der Waals surface area contributed by atoms with Gasteiger partial charge >= 0.3 is 0 Å². The minimum Gasteiger partial charge on any atom is -0.379 e. The number of primary amides is 1. The number of nitrogens with zero attached hydrogens (tertiary/aromatic N) is 1. The van der Waals surface area contributed by atoms with E-state index in [1.165, 1.54) is 12.1 Å². The Bertz CT molecular complexity index is 1000. The first-order valence-corrected chi connectivity index (χ1v) is 10.8. The van der Waals surface area contributed by atoms with Gasteiger partial charge in [0, 0.05) is 35.3 Å². The Morgan fingerprint density at radius 1 is 0.968 bits per heavy atom. The van der Waals surface area contributed by atoms with Crippen LogP contribution in [0.2, 0.25) is 20.1 Å². The molecule has 0 saturated heterocycles. The number of rotatable bonds is 4. The number of carbonyl (C=O) groups excluding carboxylic acids is 2. The number of amides is 2. The van der Waals surface area contributed by atoms with Gasteiger partial charge in [0.05, 0.1) is 10.0 Å². The van der Waals surface area contributed by atoms with Gasteiger partial charge in [-0.15, -0.1) is 0 Å². The molecule has 2 rings (SSSR count). The predicted molar refractivity (Wildman–Crippen MR) is 135 cm³/mol. The van der Waals surface area contributed by atoms with Crippen LogP contribution < -0.4 is 16.5 Å². The van der Waals surface area contributed by atoms with E-state index in [2.05, 4.69) is 10.7 Å². The van der Waals surface area contributed by atoms with Crippen molar-refractivity contribution >= 4 is 92.6 Å². The largest absolute Gasteiger partial charge is 0.379 e. The molecule has 166 valence electrons. The van der Waals surface area contributed by atoms with Gasteiger partial charge in [0.1, 0.15) is 16.4 Å². The van der Waals surface area contributed by atoms with E-state index in [1.807, 2.05) is 0 Å². The SMILES string of the molecule is CN(NC(=O)CC(N)=O)C(=S)c1cc(Cl)ccc1Cl.CNC(=S)c1cc(Cl)ccc1Cl. The van der Waals surface area contributed by atoms with Crippen molar-refractivity contribution in [2.75, 3.05) is 14.1 Å². The second-order valence-electron chi connectivity index (χ2n) is 5.87. The maximum atomic E-state index is 11.4. The first-order chi connectivity index (χ1) is 14.5. The van der Waals surface area contributed by atoms with Crippen LogP contribution in [-0.4, -0.2) is 40.9 Å². The Hall–Kier alpha value is -1.68. The van der Waals surface area contributed by atoms with Crippen LogP contribution in [0.1, 0.15) is 17.5 Å². The molecule has 0 heterocycles. The van der Waals surface area contributed by atoms with Gasteiger partial charge in [0.25, 0.3) is 0 Å². The van der Waals surface area contributed by atoms with Crippen LogP contribution in [0, 0.1) is 0 Å². The van der Waals surface area contributed by atoms with Crippen molar-refractivity contribution in [2.24, 2.45) is 5.73 Å². The van der Waals surface area contributed by atoms with E-state index in [1.54, 1.807) is 43.4 Å². The zero-order valence-corrected chi connectivity index (χ0v) is 21.0. The van der Waals surface area contributed by atoms with E-state index < -0.39 is 18.2 Å². The zero-order valence-electron chi connectivity index (χ0n) is 16.3. The summed E-state index contributed by atoms with van der Waals surface area (Å²) in [4.78, 5) is 22.8. The van der Waals surface area contributed by atoms with Crippen molar-refractivity contribution in [2.45, 2.75) is 6.42 Å². The van der Waals surface area contributed by atoms with Crippen molar-refractivity contribution in [3.63, 3.8) is 0 Å². The number of nitrogens with one attached hydrogen (secondary N) is 2. The fourth-order valence-corrected chi connectivity index (χ4v) is 3.34. The standard InChI is InChI=1S/C11H11Cl2N3O2S.C8H7Cl2NS/c1-16(15-10(18)5-9(14)17)11(19)7-4-6(12)2-3-8(7)13;1-11-8(12)6-4-5(9)2-3-7(6)10/h2-4H,5H2,1H3,(H2,14,17)(H,15,18);2-4H,1H3,(H,11,12). The third kappa shape index (κ3) is 9.14. The molecule has 0 unspecified atom stereocenters. The molecular weight excluding hydrogens is 522 g/mol.